The molecule has 0 saturated heterocycles. The number of hydrogen-bond donors (Lipinski definition) is 1. The number of ketones is 1. The molecule has 0 spiro atoms. The van der Waals surface area contributed by atoms with Gasteiger partial charge in [0.15, 0.2) is 5.78 Å². The lowest BCUT2D eigenvalue weighted by atomic mass is 9.92. The quantitative estimate of drug-likeness (QED) is 0.853. The van der Waals surface area contributed by atoms with Crippen molar-refractivity contribution in [3.05, 3.63) is 34.6 Å². The molecule has 0 aliphatic rings. The third-order valence-corrected chi connectivity index (χ3v) is 2.80. The fourth-order valence-electron chi connectivity index (χ4n) is 1.94. The summed E-state index contributed by atoms with van der Waals surface area (Å²) in [5.41, 5.74) is 5.66. The molecular formula is C14H18FNO3. The number of aryl methyl sites for hydroxylation is 1. The number of carbonyl (C=O) groups excluding carboxylic acids is 2. The van der Waals surface area contributed by atoms with Crippen molar-refractivity contribution in [2.75, 3.05) is 0 Å². The summed E-state index contributed by atoms with van der Waals surface area (Å²) in [6, 6.07) is 2.81. The first-order valence-electron chi connectivity index (χ1n) is 5.91. The number of benzene rings is 1. The van der Waals surface area contributed by atoms with Gasteiger partial charge in [0.05, 0.1) is 5.56 Å². The maximum absolute atomic E-state index is 13.6. The molecule has 4 nitrogen and oxygen atoms in total. The second kappa shape index (κ2) is 5.38. The summed E-state index contributed by atoms with van der Waals surface area (Å²) in [6.07, 6.45) is -0.515. The van der Waals surface area contributed by atoms with E-state index in [1.807, 2.05) is 0 Å². The Morgan fingerprint density at radius 3 is 2.42 bits per heavy atom. The molecule has 0 atom stereocenters. The van der Waals surface area contributed by atoms with Crippen LogP contribution in [0.15, 0.2) is 12.1 Å². The van der Waals surface area contributed by atoms with Crippen LogP contribution < -0.4 is 5.73 Å². The van der Waals surface area contributed by atoms with E-state index in [0.717, 1.165) is 5.56 Å². The van der Waals surface area contributed by atoms with Crippen molar-refractivity contribution in [2.45, 2.75) is 39.7 Å². The summed E-state index contributed by atoms with van der Waals surface area (Å²) in [7, 11) is 0. The van der Waals surface area contributed by atoms with E-state index >= 15 is 0 Å². The van der Waals surface area contributed by atoms with Gasteiger partial charge < -0.3 is 10.5 Å². The Kier molecular flexibility index (Phi) is 4.29. The lowest BCUT2D eigenvalue weighted by Crippen LogP contribution is -2.33. The Balaban J connectivity index is 3.11. The van der Waals surface area contributed by atoms with Gasteiger partial charge in [0.2, 0.25) is 0 Å². The largest absolute Gasteiger partial charge is 0.443 e. The fourth-order valence-corrected chi connectivity index (χ4v) is 1.94. The number of carbonyl (C=O) groups is 2. The van der Waals surface area contributed by atoms with Crippen molar-refractivity contribution in [1.29, 1.82) is 0 Å². The summed E-state index contributed by atoms with van der Waals surface area (Å²) >= 11 is 0. The Morgan fingerprint density at radius 2 is 1.95 bits per heavy atom. The van der Waals surface area contributed by atoms with Crippen molar-refractivity contribution in [1.82, 2.24) is 0 Å². The fraction of sp³-hybridized carbons (Fsp3) is 0.429. The summed E-state index contributed by atoms with van der Waals surface area (Å²) in [6.45, 7) is 6.45. The summed E-state index contributed by atoms with van der Waals surface area (Å²) in [5.74, 6) is -0.880. The van der Waals surface area contributed by atoms with Gasteiger partial charge >= 0.3 is 6.09 Å². The molecule has 1 rings (SSSR count). The molecule has 0 saturated carbocycles. The topological polar surface area (TPSA) is 69.4 Å². The minimum absolute atomic E-state index is 0.0375. The average Bonchev–Trinajstić information content (AvgIpc) is 2.19. The maximum Gasteiger partial charge on any atom is 0.405 e. The van der Waals surface area contributed by atoms with Gasteiger partial charge in [-0.25, -0.2) is 9.18 Å². The average molecular weight is 267 g/mol. The molecule has 0 unspecified atom stereocenters. The molecule has 5 heteroatoms. The van der Waals surface area contributed by atoms with E-state index in [4.69, 9.17) is 10.5 Å². The van der Waals surface area contributed by atoms with Gasteiger partial charge in [0, 0.05) is 6.42 Å². The number of halogens is 1. The first kappa shape index (κ1) is 15.1. The highest BCUT2D eigenvalue weighted by Gasteiger charge is 2.24. The number of nitrogens with two attached hydrogens (primary N) is 1. The zero-order valence-corrected chi connectivity index (χ0v) is 11.5. The van der Waals surface area contributed by atoms with Crippen molar-refractivity contribution in [3.63, 3.8) is 0 Å². The molecule has 0 aromatic heterocycles. The number of Topliss-reactive ketones (excluding diaryl/α,β-unsaturated/α-hetero) is 1. The van der Waals surface area contributed by atoms with Crippen molar-refractivity contribution < 1.29 is 18.7 Å². The maximum atomic E-state index is 13.6. The molecule has 0 fully saturated rings. The Hall–Kier alpha value is -1.91. The van der Waals surface area contributed by atoms with Crippen LogP contribution >= 0.6 is 0 Å². The standard InChI is InChI=1S/C14H18FNO3/c1-8-5-12(15)11(9(2)17)6-10(8)7-14(3,4)19-13(16)18/h5-6H,7H2,1-4H3,(H2,16,18). The third-order valence-electron chi connectivity index (χ3n) is 2.80. The van der Waals surface area contributed by atoms with Gasteiger partial charge in [0.25, 0.3) is 0 Å². The smallest absolute Gasteiger partial charge is 0.405 e. The molecular weight excluding hydrogens is 249 g/mol. The molecule has 19 heavy (non-hydrogen) atoms. The summed E-state index contributed by atoms with van der Waals surface area (Å²) in [4.78, 5) is 22.1. The summed E-state index contributed by atoms with van der Waals surface area (Å²) < 4.78 is 18.6. The highest BCUT2D eigenvalue weighted by atomic mass is 19.1. The van der Waals surface area contributed by atoms with E-state index in [-0.39, 0.29) is 11.3 Å². The number of ether oxygens (including phenoxy) is 1. The Bertz CT molecular complexity index is 524. The first-order chi connectivity index (χ1) is 8.62. The molecule has 0 bridgehead atoms. The van der Waals surface area contributed by atoms with Crippen molar-refractivity contribution >= 4 is 11.9 Å². The van der Waals surface area contributed by atoms with Crippen LogP contribution in [-0.2, 0) is 11.2 Å². The molecule has 0 aliphatic heterocycles. The van der Waals surface area contributed by atoms with E-state index in [0.29, 0.717) is 12.0 Å². The monoisotopic (exact) mass is 267 g/mol. The molecule has 2 N–H and O–H groups in total. The molecule has 1 aromatic carbocycles. The number of hydrogen-bond acceptors (Lipinski definition) is 3. The highest BCUT2D eigenvalue weighted by molar-refractivity contribution is 5.94. The van der Waals surface area contributed by atoms with Crippen LogP contribution in [0.3, 0.4) is 0 Å². The van der Waals surface area contributed by atoms with E-state index < -0.39 is 17.5 Å². The number of amides is 1. The van der Waals surface area contributed by atoms with Crippen LogP contribution in [0.5, 0.6) is 0 Å². The zero-order chi connectivity index (χ0) is 14.8. The van der Waals surface area contributed by atoms with E-state index in [2.05, 4.69) is 0 Å². The molecule has 0 radical (unpaired) electrons. The van der Waals surface area contributed by atoms with E-state index in [1.54, 1.807) is 20.8 Å². The lowest BCUT2D eigenvalue weighted by molar-refractivity contribution is 0.0458. The van der Waals surface area contributed by atoms with Crippen molar-refractivity contribution in [2.24, 2.45) is 5.73 Å². The highest BCUT2D eigenvalue weighted by Crippen LogP contribution is 2.23. The van der Waals surface area contributed by atoms with E-state index in [1.165, 1.54) is 19.1 Å². The predicted molar refractivity (Wildman–Crippen MR) is 69.6 cm³/mol. The molecule has 1 amide bonds. The zero-order valence-electron chi connectivity index (χ0n) is 11.5. The molecule has 0 aliphatic carbocycles. The summed E-state index contributed by atoms with van der Waals surface area (Å²) in [5, 5.41) is 0. The Morgan fingerprint density at radius 1 is 1.37 bits per heavy atom. The second-order valence-electron chi connectivity index (χ2n) is 5.17. The van der Waals surface area contributed by atoms with Crippen LogP contribution in [-0.4, -0.2) is 17.5 Å². The predicted octanol–water partition coefficient (Wildman–Crippen LogP) is 2.75. The van der Waals surface area contributed by atoms with Crippen LogP contribution in [0.4, 0.5) is 9.18 Å². The molecule has 0 heterocycles. The van der Waals surface area contributed by atoms with Gasteiger partial charge in [-0.05, 0) is 51.0 Å². The van der Waals surface area contributed by atoms with Crippen LogP contribution in [0.2, 0.25) is 0 Å². The van der Waals surface area contributed by atoms with Gasteiger partial charge in [-0.3, -0.25) is 4.79 Å². The minimum Gasteiger partial charge on any atom is -0.443 e. The van der Waals surface area contributed by atoms with Gasteiger partial charge in [-0.15, -0.1) is 0 Å². The Labute approximate surface area is 111 Å². The third kappa shape index (κ3) is 4.05. The van der Waals surface area contributed by atoms with Gasteiger partial charge in [0.1, 0.15) is 11.4 Å². The van der Waals surface area contributed by atoms with Crippen LogP contribution in [0, 0.1) is 12.7 Å². The second-order valence-corrected chi connectivity index (χ2v) is 5.17. The molecule has 1 aromatic rings. The van der Waals surface area contributed by atoms with Gasteiger partial charge in [-0.1, -0.05) is 0 Å². The normalized spacial score (nSPS) is 11.2. The molecule has 104 valence electrons. The first-order valence-corrected chi connectivity index (χ1v) is 5.91. The number of rotatable bonds is 4. The minimum atomic E-state index is -0.864. The van der Waals surface area contributed by atoms with Crippen LogP contribution in [0.25, 0.3) is 0 Å². The number of primary amides is 1. The SMILES string of the molecule is CC(=O)c1cc(CC(C)(C)OC(N)=O)c(C)cc1F. The lowest BCUT2D eigenvalue weighted by Gasteiger charge is -2.25. The van der Waals surface area contributed by atoms with Crippen molar-refractivity contribution in [3.8, 4) is 0 Å². The van der Waals surface area contributed by atoms with Crippen LogP contribution in [0.1, 0.15) is 42.3 Å². The van der Waals surface area contributed by atoms with Gasteiger partial charge in [-0.2, -0.15) is 0 Å². The van der Waals surface area contributed by atoms with E-state index in [9.17, 15) is 14.0 Å².